The van der Waals surface area contributed by atoms with Crippen molar-refractivity contribution in [3.63, 3.8) is 0 Å². The van der Waals surface area contributed by atoms with Crippen LogP contribution < -0.4 is 10.6 Å². The number of hydrogen-bond donors (Lipinski definition) is 3. The van der Waals surface area contributed by atoms with Gasteiger partial charge in [-0.3, -0.25) is 14.4 Å². The molecule has 2 amide bonds. The molecule has 0 radical (unpaired) electrons. The van der Waals surface area contributed by atoms with Crippen molar-refractivity contribution in [1.82, 2.24) is 10.6 Å². The Bertz CT molecular complexity index is 638. The number of nitrogens with one attached hydrogen (secondary N) is 2. The summed E-state index contributed by atoms with van der Waals surface area (Å²) in [5.41, 5.74) is 0.838. The fourth-order valence-corrected chi connectivity index (χ4v) is 3.59. The van der Waals surface area contributed by atoms with E-state index in [0.29, 0.717) is 23.5 Å². The van der Waals surface area contributed by atoms with Crippen molar-refractivity contribution in [1.29, 1.82) is 0 Å². The highest BCUT2D eigenvalue weighted by atomic mass is 16.4. The van der Waals surface area contributed by atoms with Gasteiger partial charge in [0.05, 0.1) is 0 Å². The lowest BCUT2D eigenvalue weighted by molar-refractivity contribution is -0.137. The van der Waals surface area contributed by atoms with Gasteiger partial charge in [0.25, 0.3) is 11.8 Å². The van der Waals surface area contributed by atoms with E-state index in [9.17, 15) is 14.4 Å². The Balaban J connectivity index is 2.04. The molecule has 0 saturated heterocycles. The second-order valence-electron chi connectivity index (χ2n) is 7.00. The van der Waals surface area contributed by atoms with Gasteiger partial charge in [-0.15, -0.1) is 0 Å². The lowest BCUT2D eigenvalue weighted by Crippen LogP contribution is -2.37. The van der Waals surface area contributed by atoms with E-state index in [4.69, 9.17) is 5.11 Å². The Morgan fingerprint density at radius 3 is 2.38 bits per heavy atom. The van der Waals surface area contributed by atoms with E-state index in [0.717, 1.165) is 19.3 Å². The number of amides is 2. The fraction of sp³-hybridized carbons (Fsp3) is 0.550. The predicted octanol–water partition coefficient (Wildman–Crippen LogP) is 2.98. The highest BCUT2D eigenvalue weighted by Gasteiger charge is 2.22. The molecule has 1 atom stereocenters. The molecular formula is C20H28N2O4. The predicted molar refractivity (Wildman–Crippen MR) is 99.1 cm³/mol. The van der Waals surface area contributed by atoms with Crippen molar-refractivity contribution in [2.24, 2.45) is 5.92 Å². The number of benzene rings is 1. The summed E-state index contributed by atoms with van der Waals surface area (Å²) in [5.74, 6) is -0.819. The van der Waals surface area contributed by atoms with E-state index in [2.05, 4.69) is 10.6 Å². The zero-order valence-corrected chi connectivity index (χ0v) is 15.3. The Labute approximate surface area is 154 Å². The van der Waals surface area contributed by atoms with Crippen LogP contribution in [-0.2, 0) is 4.79 Å². The quantitative estimate of drug-likeness (QED) is 0.664. The molecular weight excluding hydrogens is 332 g/mol. The third-order valence-corrected chi connectivity index (χ3v) is 5.00. The van der Waals surface area contributed by atoms with Crippen LogP contribution in [0.4, 0.5) is 0 Å². The monoisotopic (exact) mass is 360 g/mol. The maximum Gasteiger partial charge on any atom is 0.303 e. The molecule has 142 valence electrons. The van der Waals surface area contributed by atoms with Gasteiger partial charge in [-0.2, -0.15) is 0 Å². The maximum atomic E-state index is 12.6. The van der Waals surface area contributed by atoms with Crippen LogP contribution in [-0.4, -0.2) is 36.0 Å². The molecule has 0 aromatic heterocycles. The van der Waals surface area contributed by atoms with Crippen LogP contribution in [0.1, 0.15) is 72.1 Å². The molecule has 0 heterocycles. The summed E-state index contributed by atoms with van der Waals surface area (Å²) in [7, 11) is 1.54. The smallest absolute Gasteiger partial charge is 0.303 e. The molecule has 26 heavy (non-hydrogen) atoms. The number of carboxylic acids is 1. The minimum atomic E-state index is -0.852. The molecule has 1 unspecified atom stereocenters. The molecule has 0 spiro atoms. The summed E-state index contributed by atoms with van der Waals surface area (Å²) in [5, 5.41) is 14.5. The average molecular weight is 360 g/mol. The van der Waals surface area contributed by atoms with Crippen molar-refractivity contribution in [3.8, 4) is 0 Å². The van der Waals surface area contributed by atoms with E-state index in [-0.39, 0.29) is 24.3 Å². The maximum absolute atomic E-state index is 12.6. The standard InChI is InChI=1S/C20H28N2O4/c1-21-19(25)15-8-5-9-16(13-15)20(26)22-17(10-11-18(23)24)12-14-6-3-2-4-7-14/h5,8-9,13-14,17H,2-4,6-7,10-12H2,1H3,(H,21,25)(H,22,26)(H,23,24). The number of rotatable bonds is 8. The molecule has 3 N–H and O–H groups in total. The lowest BCUT2D eigenvalue weighted by Gasteiger charge is -2.27. The van der Waals surface area contributed by atoms with Gasteiger partial charge in [0, 0.05) is 30.6 Å². The molecule has 2 rings (SSSR count). The van der Waals surface area contributed by atoms with Crippen molar-refractivity contribution in [3.05, 3.63) is 35.4 Å². The molecule has 6 heteroatoms. The Kier molecular flexibility index (Phi) is 7.63. The number of aliphatic carboxylic acids is 1. The summed E-state index contributed by atoms with van der Waals surface area (Å²) in [4.78, 5) is 35.3. The molecule has 1 aliphatic rings. The van der Waals surface area contributed by atoms with Crippen LogP contribution in [0, 0.1) is 5.92 Å². The minimum Gasteiger partial charge on any atom is -0.481 e. The van der Waals surface area contributed by atoms with Gasteiger partial charge in [0.1, 0.15) is 0 Å². The van der Waals surface area contributed by atoms with E-state index >= 15 is 0 Å². The second-order valence-corrected chi connectivity index (χ2v) is 7.00. The highest BCUT2D eigenvalue weighted by Crippen LogP contribution is 2.28. The average Bonchev–Trinajstić information content (AvgIpc) is 2.66. The zero-order chi connectivity index (χ0) is 18.9. The van der Waals surface area contributed by atoms with Crippen LogP contribution in [0.5, 0.6) is 0 Å². The highest BCUT2D eigenvalue weighted by molar-refractivity contribution is 5.99. The van der Waals surface area contributed by atoms with Gasteiger partial charge in [-0.25, -0.2) is 0 Å². The second kappa shape index (κ2) is 9.94. The molecule has 1 saturated carbocycles. The van der Waals surface area contributed by atoms with E-state index in [1.54, 1.807) is 31.3 Å². The van der Waals surface area contributed by atoms with Crippen LogP contribution >= 0.6 is 0 Å². The zero-order valence-electron chi connectivity index (χ0n) is 15.3. The van der Waals surface area contributed by atoms with Crippen molar-refractivity contribution in [2.75, 3.05) is 7.05 Å². The van der Waals surface area contributed by atoms with E-state index in [1.165, 1.54) is 19.3 Å². The molecule has 1 aromatic carbocycles. The van der Waals surface area contributed by atoms with Crippen molar-refractivity contribution in [2.45, 2.75) is 57.4 Å². The van der Waals surface area contributed by atoms with Crippen LogP contribution in [0.25, 0.3) is 0 Å². The molecule has 1 fully saturated rings. The van der Waals surface area contributed by atoms with E-state index in [1.807, 2.05) is 0 Å². The topological polar surface area (TPSA) is 95.5 Å². The van der Waals surface area contributed by atoms with Gasteiger partial charge in [-0.1, -0.05) is 38.2 Å². The summed E-state index contributed by atoms with van der Waals surface area (Å²) in [6, 6.07) is 6.39. The third-order valence-electron chi connectivity index (χ3n) is 5.00. The first-order valence-corrected chi connectivity index (χ1v) is 9.34. The van der Waals surface area contributed by atoms with Crippen LogP contribution in [0.3, 0.4) is 0 Å². The van der Waals surface area contributed by atoms with Gasteiger partial charge in [-0.05, 0) is 37.0 Å². The summed E-state index contributed by atoms with van der Waals surface area (Å²) in [6.07, 6.45) is 7.24. The fourth-order valence-electron chi connectivity index (χ4n) is 3.59. The van der Waals surface area contributed by atoms with Gasteiger partial charge < -0.3 is 15.7 Å². The number of carbonyl (C=O) groups excluding carboxylic acids is 2. The molecule has 1 aromatic rings. The normalized spacial score (nSPS) is 15.9. The van der Waals surface area contributed by atoms with Crippen molar-refractivity contribution < 1.29 is 19.5 Å². The first-order valence-electron chi connectivity index (χ1n) is 9.34. The SMILES string of the molecule is CNC(=O)c1cccc(C(=O)NC(CCC(=O)O)CC2CCCCC2)c1. The van der Waals surface area contributed by atoms with Gasteiger partial charge in [0.2, 0.25) is 0 Å². The number of carboxylic acid groups (broad SMARTS) is 1. The molecule has 0 aliphatic heterocycles. The summed E-state index contributed by atoms with van der Waals surface area (Å²) in [6.45, 7) is 0. The summed E-state index contributed by atoms with van der Waals surface area (Å²) < 4.78 is 0. The van der Waals surface area contributed by atoms with Gasteiger partial charge in [0.15, 0.2) is 0 Å². The molecule has 1 aliphatic carbocycles. The lowest BCUT2D eigenvalue weighted by atomic mass is 9.84. The first kappa shape index (κ1) is 19.9. The number of carbonyl (C=O) groups is 3. The largest absolute Gasteiger partial charge is 0.481 e. The van der Waals surface area contributed by atoms with Crippen LogP contribution in [0.15, 0.2) is 24.3 Å². The third kappa shape index (κ3) is 6.17. The van der Waals surface area contributed by atoms with Crippen molar-refractivity contribution >= 4 is 17.8 Å². The Morgan fingerprint density at radius 2 is 1.77 bits per heavy atom. The minimum absolute atomic E-state index is 0.0376. The molecule has 6 nitrogen and oxygen atoms in total. The number of hydrogen-bond acceptors (Lipinski definition) is 3. The van der Waals surface area contributed by atoms with E-state index < -0.39 is 5.97 Å². The summed E-state index contributed by atoms with van der Waals surface area (Å²) >= 11 is 0. The van der Waals surface area contributed by atoms with Crippen LogP contribution in [0.2, 0.25) is 0 Å². The Morgan fingerprint density at radius 1 is 1.12 bits per heavy atom. The Hall–Kier alpha value is -2.37. The molecule has 0 bridgehead atoms. The first-order chi connectivity index (χ1) is 12.5. The van der Waals surface area contributed by atoms with Gasteiger partial charge >= 0.3 is 5.97 Å².